The maximum absolute atomic E-state index is 2.39. The molecule has 0 radical (unpaired) electrons. The van der Waals surface area contributed by atoms with Gasteiger partial charge in [0.1, 0.15) is 0 Å². The topological polar surface area (TPSA) is 0 Å². The van der Waals surface area contributed by atoms with Gasteiger partial charge in [-0.25, -0.2) is 5.46 Å². The molecular formula is C26H52BN. The summed E-state index contributed by atoms with van der Waals surface area (Å²) in [7, 11) is 0. The van der Waals surface area contributed by atoms with Gasteiger partial charge in [-0.2, -0.15) is 19.0 Å². The fourth-order valence-electron chi connectivity index (χ4n) is 4.92. The Morgan fingerprint density at radius 3 is 1.18 bits per heavy atom. The molecule has 28 heavy (non-hydrogen) atoms. The van der Waals surface area contributed by atoms with Gasteiger partial charge in [-0.3, -0.25) is 0 Å². The third-order valence-electron chi connectivity index (χ3n) is 7.52. The first-order chi connectivity index (χ1) is 13.5. The molecule has 1 nitrogen and oxygen atoms in total. The maximum Gasteiger partial charge on any atom is 0.0757 e. The number of nitrogens with zero attached hydrogens (tertiary/aromatic N) is 1. The summed E-state index contributed by atoms with van der Waals surface area (Å²) in [6, 6.07) is 11.4. The predicted molar refractivity (Wildman–Crippen MR) is 133 cm³/mol. The van der Waals surface area contributed by atoms with E-state index in [2.05, 4.69) is 78.8 Å². The van der Waals surface area contributed by atoms with Crippen molar-refractivity contribution in [3.05, 3.63) is 30.3 Å². The lowest BCUT2D eigenvalue weighted by atomic mass is 9.16. The SMILES string of the molecule is CCCC[B-](CCCC)(CCCC)c1ccccc1.CC[N+](CC)(CC)CC. The standard InChI is InChI=1S/C18H32B.C8H20N/c1-4-7-15-19(16-8-5-2,17-9-6-3)18-13-11-10-12-14-18;1-5-9(6-2,7-3)8-4/h10-14H,4-9,15-17H2,1-3H3;5-8H2,1-4H3/q-1;+1. The van der Waals surface area contributed by atoms with Crippen molar-refractivity contribution in [3.63, 3.8) is 0 Å². The number of unbranched alkanes of at least 4 members (excludes halogenated alkanes) is 3. The highest BCUT2D eigenvalue weighted by Gasteiger charge is 2.24. The highest BCUT2D eigenvalue weighted by Crippen LogP contribution is 2.28. The highest BCUT2D eigenvalue weighted by molar-refractivity contribution is 6.91. The quantitative estimate of drug-likeness (QED) is 0.227. The largest absolute Gasteiger partial charge is 0.325 e. The van der Waals surface area contributed by atoms with Crippen molar-refractivity contribution >= 4 is 11.6 Å². The van der Waals surface area contributed by atoms with E-state index in [4.69, 9.17) is 0 Å². The van der Waals surface area contributed by atoms with E-state index in [1.165, 1.54) is 88.1 Å². The van der Waals surface area contributed by atoms with Crippen LogP contribution >= 0.6 is 0 Å². The second kappa shape index (κ2) is 16.1. The Morgan fingerprint density at radius 2 is 0.929 bits per heavy atom. The minimum atomic E-state index is -0.309. The Morgan fingerprint density at radius 1 is 0.571 bits per heavy atom. The van der Waals surface area contributed by atoms with Gasteiger partial charge in [0.15, 0.2) is 0 Å². The van der Waals surface area contributed by atoms with Crippen LogP contribution in [-0.2, 0) is 0 Å². The molecule has 0 unspecified atom stereocenters. The number of benzene rings is 1. The van der Waals surface area contributed by atoms with Crippen LogP contribution in [0, 0.1) is 0 Å². The molecule has 2 heteroatoms. The summed E-state index contributed by atoms with van der Waals surface area (Å²) in [5.74, 6) is 0. The molecule has 1 aromatic rings. The third-order valence-corrected chi connectivity index (χ3v) is 7.52. The third kappa shape index (κ3) is 9.16. The van der Waals surface area contributed by atoms with Gasteiger partial charge in [-0.1, -0.05) is 89.6 Å². The van der Waals surface area contributed by atoms with Crippen LogP contribution in [0.2, 0.25) is 19.0 Å². The van der Waals surface area contributed by atoms with Crippen LogP contribution in [0.4, 0.5) is 0 Å². The van der Waals surface area contributed by atoms with Crippen molar-refractivity contribution < 1.29 is 4.48 Å². The fraction of sp³-hybridized carbons (Fsp3) is 0.769. The molecule has 1 aromatic carbocycles. The second-order valence-corrected chi connectivity index (χ2v) is 8.92. The second-order valence-electron chi connectivity index (χ2n) is 8.92. The lowest BCUT2D eigenvalue weighted by molar-refractivity contribution is -0.921. The minimum Gasteiger partial charge on any atom is -0.325 e. The van der Waals surface area contributed by atoms with Crippen molar-refractivity contribution in [2.75, 3.05) is 26.2 Å². The monoisotopic (exact) mass is 389 g/mol. The fourth-order valence-corrected chi connectivity index (χ4v) is 4.92. The molecule has 0 bridgehead atoms. The first kappa shape index (κ1) is 27.2. The summed E-state index contributed by atoms with van der Waals surface area (Å²) in [4.78, 5) is 0. The molecule has 0 aliphatic carbocycles. The van der Waals surface area contributed by atoms with E-state index in [0.29, 0.717) is 0 Å². The predicted octanol–water partition coefficient (Wildman–Crippen LogP) is 7.63. The van der Waals surface area contributed by atoms with Gasteiger partial charge >= 0.3 is 0 Å². The van der Waals surface area contributed by atoms with Gasteiger partial charge in [0.05, 0.1) is 26.2 Å². The summed E-state index contributed by atoms with van der Waals surface area (Å²) >= 11 is 0. The molecule has 0 fully saturated rings. The van der Waals surface area contributed by atoms with Crippen LogP contribution in [0.25, 0.3) is 0 Å². The van der Waals surface area contributed by atoms with Crippen LogP contribution in [0.15, 0.2) is 30.3 Å². The van der Waals surface area contributed by atoms with Crippen molar-refractivity contribution in [1.29, 1.82) is 0 Å². The van der Waals surface area contributed by atoms with Gasteiger partial charge in [-0.15, -0.1) is 0 Å². The number of quaternary nitrogens is 1. The Kier molecular flexibility index (Phi) is 15.7. The van der Waals surface area contributed by atoms with E-state index in [1.54, 1.807) is 5.46 Å². The first-order valence-corrected chi connectivity index (χ1v) is 12.6. The van der Waals surface area contributed by atoms with E-state index in [9.17, 15) is 0 Å². The van der Waals surface area contributed by atoms with Gasteiger partial charge in [-0.05, 0) is 27.7 Å². The van der Waals surface area contributed by atoms with E-state index in [0.717, 1.165) is 0 Å². The Hall–Kier alpha value is -0.755. The Bertz CT molecular complexity index is 413. The van der Waals surface area contributed by atoms with Crippen molar-refractivity contribution in [3.8, 4) is 0 Å². The van der Waals surface area contributed by atoms with Crippen molar-refractivity contribution in [1.82, 2.24) is 0 Å². The summed E-state index contributed by atoms with van der Waals surface area (Å²) in [6.07, 6.45) is 12.1. The summed E-state index contributed by atoms with van der Waals surface area (Å²) < 4.78 is 1.28. The zero-order chi connectivity index (χ0) is 21.3. The molecule has 0 N–H and O–H groups in total. The normalized spacial score (nSPS) is 11.8. The average molecular weight is 390 g/mol. The molecular weight excluding hydrogens is 337 g/mol. The van der Waals surface area contributed by atoms with Crippen LogP contribution in [-0.4, -0.2) is 36.8 Å². The molecule has 1 rings (SSSR count). The van der Waals surface area contributed by atoms with Crippen molar-refractivity contribution in [2.24, 2.45) is 0 Å². The molecule has 164 valence electrons. The van der Waals surface area contributed by atoms with Crippen LogP contribution in [0.1, 0.15) is 87.0 Å². The molecule has 0 amide bonds. The Balaban J connectivity index is 0.000000684. The van der Waals surface area contributed by atoms with E-state index in [-0.39, 0.29) is 6.15 Å². The molecule has 0 aromatic heterocycles. The lowest BCUT2D eigenvalue weighted by Crippen LogP contribution is -2.47. The summed E-state index contributed by atoms with van der Waals surface area (Å²) in [5, 5.41) is 0. The summed E-state index contributed by atoms with van der Waals surface area (Å²) in [5.41, 5.74) is 1.65. The zero-order valence-electron chi connectivity index (χ0n) is 20.6. The smallest absolute Gasteiger partial charge is 0.0757 e. The van der Waals surface area contributed by atoms with E-state index < -0.39 is 0 Å². The Labute approximate surface area is 178 Å². The average Bonchev–Trinajstić information content (AvgIpc) is 2.77. The maximum atomic E-state index is 2.39. The lowest BCUT2D eigenvalue weighted by Gasteiger charge is -2.41. The number of hydrogen-bond donors (Lipinski definition) is 0. The molecule has 0 atom stereocenters. The molecule has 0 saturated carbocycles. The van der Waals surface area contributed by atoms with Crippen molar-refractivity contribution in [2.45, 2.75) is 106 Å². The van der Waals surface area contributed by atoms with Gasteiger partial charge in [0, 0.05) is 6.15 Å². The van der Waals surface area contributed by atoms with E-state index in [1.807, 2.05) is 0 Å². The first-order valence-electron chi connectivity index (χ1n) is 12.6. The molecule has 0 aliphatic heterocycles. The van der Waals surface area contributed by atoms with Crippen LogP contribution in [0.5, 0.6) is 0 Å². The molecule has 0 spiro atoms. The molecule has 0 aliphatic rings. The van der Waals surface area contributed by atoms with Gasteiger partial charge in [0.2, 0.25) is 0 Å². The van der Waals surface area contributed by atoms with Crippen LogP contribution in [0.3, 0.4) is 0 Å². The molecule has 0 saturated heterocycles. The summed E-state index contributed by atoms with van der Waals surface area (Å²) in [6.45, 7) is 21.2. The zero-order valence-corrected chi connectivity index (χ0v) is 20.6. The van der Waals surface area contributed by atoms with E-state index >= 15 is 0 Å². The molecule has 0 heterocycles. The van der Waals surface area contributed by atoms with Crippen LogP contribution < -0.4 is 5.46 Å². The number of rotatable bonds is 14. The highest BCUT2D eigenvalue weighted by atomic mass is 15.3. The van der Waals surface area contributed by atoms with Gasteiger partial charge in [0.25, 0.3) is 0 Å². The number of hydrogen-bond acceptors (Lipinski definition) is 0. The van der Waals surface area contributed by atoms with Gasteiger partial charge < -0.3 is 4.48 Å². The minimum absolute atomic E-state index is 0.309.